The van der Waals surface area contributed by atoms with Crippen molar-refractivity contribution in [3.05, 3.63) is 65.1 Å². The summed E-state index contributed by atoms with van der Waals surface area (Å²) < 4.78 is 47.5. The maximum Gasteiger partial charge on any atom is 0.268 e. The van der Waals surface area contributed by atoms with Gasteiger partial charge >= 0.3 is 0 Å². The van der Waals surface area contributed by atoms with Gasteiger partial charge in [0.25, 0.3) is 10.0 Å². The van der Waals surface area contributed by atoms with E-state index in [2.05, 4.69) is 41.7 Å². The van der Waals surface area contributed by atoms with Gasteiger partial charge < -0.3 is 4.74 Å². The molecule has 4 heterocycles. The second kappa shape index (κ2) is 8.17. The molecule has 0 aliphatic rings. The van der Waals surface area contributed by atoms with Gasteiger partial charge in [-0.2, -0.15) is 5.10 Å². The van der Waals surface area contributed by atoms with E-state index >= 15 is 0 Å². The van der Waals surface area contributed by atoms with Crippen LogP contribution in [0.25, 0.3) is 10.9 Å². The normalized spacial score (nSPS) is 11.1. The number of hydrogen-bond acceptors (Lipinski definition) is 7. The molecule has 0 saturated carbocycles. The highest BCUT2D eigenvalue weighted by Gasteiger charge is 2.24. The average Bonchev–Trinajstić information content (AvgIpc) is 3.24. The molecular formula is C19H12ClFN6O3S. The number of aromatic amines is 1. The van der Waals surface area contributed by atoms with Crippen molar-refractivity contribution < 1.29 is 17.5 Å². The van der Waals surface area contributed by atoms with Gasteiger partial charge in [0.2, 0.25) is 5.88 Å². The average molecular weight is 459 g/mol. The third-order valence-electron chi connectivity index (χ3n) is 4.08. The molecule has 0 aliphatic carbocycles. The van der Waals surface area contributed by atoms with Crippen molar-refractivity contribution >= 4 is 38.3 Å². The molecule has 0 radical (unpaired) electrons. The van der Waals surface area contributed by atoms with Gasteiger partial charge in [0.1, 0.15) is 0 Å². The van der Waals surface area contributed by atoms with E-state index in [1.807, 2.05) is 0 Å². The molecule has 2 N–H and O–H groups in total. The second-order valence-electron chi connectivity index (χ2n) is 6.06. The minimum atomic E-state index is -4.30. The van der Waals surface area contributed by atoms with Gasteiger partial charge in [0, 0.05) is 30.2 Å². The van der Waals surface area contributed by atoms with E-state index < -0.39 is 21.7 Å². The monoisotopic (exact) mass is 458 g/mol. The standard InChI is InChI=1S/C19H12ClFN6O3S/c1-30-19-15(6-14(20)10-24-19)31(28,29)27-18-16(21)11(4-5-23-18)2-3-12-7-22-8-13-9-25-26-17(12)13/h4-10H,1H3,(H,23,27)(H,25,26). The quantitative estimate of drug-likeness (QED) is 0.451. The van der Waals surface area contributed by atoms with Crippen LogP contribution in [-0.4, -0.2) is 40.7 Å². The highest BCUT2D eigenvalue weighted by Crippen LogP contribution is 2.27. The van der Waals surface area contributed by atoms with Crippen LogP contribution in [0, 0.1) is 17.7 Å². The number of nitrogens with one attached hydrogen (secondary N) is 2. The second-order valence-corrected chi connectivity index (χ2v) is 8.15. The van der Waals surface area contributed by atoms with E-state index in [9.17, 15) is 12.8 Å². The van der Waals surface area contributed by atoms with Crippen molar-refractivity contribution in [3.63, 3.8) is 0 Å². The largest absolute Gasteiger partial charge is 0.480 e. The zero-order chi connectivity index (χ0) is 22.0. The lowest BCUT2D eigenvalue weighted by molar-refractivity contribution is 0.385. The predicted molar refractivity (Wildman–Crippen MR) is 111 cm³/mol. The summed E-state index contributed by atoms with van der Waals surface area (Å²) in [5.74, 6) is 3.78. The minimum Gasteiger partial charge on any atom is -0.480 e. The van der Waals surface area contributed by atoms with Gasteiger partial charge in [-0.05, 0) is 12.1 Å². The number of hydrogen-bond donors (Lipinski definition) is 2. The topological polar surface area (TPSA) is 123 Å². The van der Waals surface area contributed by atoms with E-state index in [0.717, 1.165) is 11.5 Å². The Bertz CT molecular complexity index is 1460. The third kappa shape index (κ3) is 4.11. The number of halogens is 2. The van der Waals surface area contributed by atoms with Crippen molar-refractivity contribution in [2.45, 2.75) is 4.90 Å². The molecule has 0 saturated heterocycles. The highest BCUT2D eigenvalue weighted by molar-refractivity contribution is 7.92. The number of pyridine rings is 3. The maximum atomic E-state index is 14.9. The number of nitrogens with zero attached hydrogens (tertiary/aromatic N) is 4. The number of ether oxygens (including phenoxy) is 1. The lowest BCUT2D eigenvalue weighted by atomic mass is 10.2. The van der Waals surface area contributed by atoms with Crippen LogP contribution in [0.4, 0.5) is 10.2 Å². The molecule has 0 atom stereocenters. The third-order valence-corrected chi connectivity index (χ3v) is 5.62. The molecule has 0 spiro atoms. The molecule has 0 aromatic carbocycles. The summed E-state index contributed by atoms with van der Waals surface area (Å²) in [5.41, 5.74) is 1.09. The number of sulfonamides is 1. The zero-order valence-electron chi connectivity index (χ0n) is 15.7. The number of aromatic nitrogens is 5. The number of fused-ring (bicyclic) bond motifs is 1. The first-order valence-electron chi connectivity index (χ1n) is 8.55. The Morgan fingerprint density at radius 2 is 1.97 bits per heavy atom. The summed E-state index contributed by atoms with van der Waals surface area (Å²) in [4.78, 5) is 11.3. The van der Waals surface area contributed by atoms with Gasteiger partial charge in [0.15, 0.2) is 16.5 Å². The Balaban J connectivity index is 1.69. The molecule has 4 aromatic rings. The van der Waals surface area contributed by atoms with Crippen LogP contribution in [0.3, 0.4) is 0 Å². The maximum absolute atomic E-state index is 14.9. The smallest absolute Gasteiger partial charge is 0.268 e. The van der Waals surface area contributed by atoms with Gasteiger partial charge in [-0.25, -0.2) is 22.8 Å². The summed E-state index contributed by atoms with van der Waals surface area (Å²) >= 11 is 5.84. The fourth-order valence-electron chi connectivity index (χ4n) is 2.64. The number of anilines is 1. The Kier molecular flexibility index (Phi) is 5.41. The van der Waals surface area contributed by atoms with Crippen LogP contribution in [-0.2, 0) is 10.0 Å². The molecule has 0 unspecified atom stereocenters. The molecule has 0 fully saturated rings. The Hall–Kier alpha value is -3.75. The van der Waals surface area contributed by atoms with E-state index in [4.69, 9.17) is 16.3 Å². The lowest BCUT2D eigenvalue weighted by Gasteiger charge is -2.11. The van der Waals surface area contributed by atoms with Crippen molar-refractivity contribution in [3.8, 4) is 17.7 Å². The van der Waals surface area contributed by atoms with Crippen LogP contribution in [0.2, 0.25) is 5.02 Å². The Morgan fingerprint density at radius 3 is 2.77 bits per heavy atom. The first-order chi connectivity index (χ1) is 14.9. The van der Waals surface area contributed by atoms with E-state index in [1.54, 1.807) is 12.4 Å². The Labute approximate surface area is 180 Å². The van der Waals surface area contributed by atoms with Gasteiger partial charge in [0.05, 0.1) is 35.0 Å². The number of methoxy groups -OCH3 is 1. The fourth-order valence-corrected chi connectivity index (χ4v) is 4.02. The molecule has 12 heteroatoms. The highest BCUT2D eigenvalue weighted by atomic mass is 35.5. The van der Waals surface area contributed by atoms with Gasteiger partial charge in [-0.15, -0.1) is 0 Å². The summed E-state index contributed by atoms with van der Waals surface area (Å²) in [5, 5.41) is 7.53. The molecule has 31 heavy (non-hydrogen) atoms. The first kappa shape index (κ1) is 20.5. The van der Waals surface area contributed by atoms with E-state index in [-0.39, 0.29) is 21.4 Å². The van der Waals surface area contributed by atoms with Crippen molar-refractivity contribution in [2.24, 2.45) is 0 Å². The summed E-state index contributed by atoms with van der Waals surface area (Å²) in [7, 11) is -3.05. The van der Waals surface area contributed by atoms with E-state index in [0.29, 0.717) is 11.1 Å². The number of H-pyrrole nitrogens is 1. The molecule has 9 nitrogen and oxygen atoms in total. The SMILES string of the molecule is COc1ncc(Cl)cc1S(=O)(=O)Nc1nccc(C#Cc2cncc3cn[nH]c23)c1F. The number of rotatable bonds is 4. The van der Waals surface area contributed by atoms with Crippen molar-refractivity contribution in [2.75, 3.05) is 11.8 Å². The summed E-state index contributed by atoms with van der Waals surface area (Å²) in [6, 6.07) is 2.46. The van der Waals surface area contributed by atoms with Crippen LogP contribution >= 0.6 is 11.6 Å². The van der Waals surface area contributed by atoms with Crippen LogP contribution in [0.15, 0.2) is 48.0 Å². The lowest BCUT2D eigenvalue weighted by Crippen LogP contribution is -2.17. The first-order valence-corrected chi connectivity index (χ1v) is 10.4. The predicted octanol–water partition coefficient (Wildman–Crippen LogP) is 2.75. The molecule has 156 valence electrons. The van der Waals surface area contributed by atoms with Gasteiger partial charge in [-0.3, -0.25) is 14.8 Å². The van der Waals surface area contributed by atoms with Gasteiger partial charge in [-0.1, -0.05) is 23.4 Å². The summed E-state index contributed by atoms with van der Waals surface area (Å²) in [6.07, 6.45) is 7.17. The summed E-state index contributed by atoms with van der Waals surface area (Å²) in [6.45, 7) is 0. The fraction of sp³-hybridized carbons (Fsp3) is 0.0526. The van der Waals surface area contributed by atoms with E-state index in [1.165, 1.54) is 31.8 Å². The Morgan fingerprint density at radius 1 is 1.16 bits per heavy atom. The van der Waals surface area contributed by atoms with Crippen LogP contribution in [0.5, 0.6) is 5.88 Å². The van der Waals surface area contributed by atoms with Crippen LogP contribution in [0.1, 0.15) is 11.1 Å². The molecule has 4 aromatic heterocycles. The minimum absolute atomic E-state index is 0.0656. The zero-order valence-corrected chi connectivity index (χ0v) is 17.3. The van der Waals surface area contributed by atoms with Crippen molar-refractivity contribution in [1.29, 1.82) is 0 Å². The van der Waals surface area contributed by atoms with Crippen LogP contribution < -0.4 is 9.46 Å². The molecular weight excluding hydrogens is 447 g/mol. The molecule has 0 amide bonds. The molecule has 0 bridgehead atoms. The molecule has 4 rings (SSSR count). The van der Waals surface area contributed by atoms with Crippen molar-refractivity contribution in [1.82, 2.24) is 25.1 Å². The molecule has 0 aliphatic heterocycles.